The van der Waals surface area contributed by atoms with E-state index in [0.717, 1.165) is 6.42 Å². The van der Waals surface area contributed by atoms with Gasteiger partial charge in [0, 0.05) is 19.5 Å². The number of ether oxygens (including phenoxy) is 1. The molecule has 0 aromatic carbocycles. The minimum Gasteiger partial charge on any atom is -0.466 e. The first-order chi connectivity index (χ1) is 22.2. The molecule has 0 amide bonds. The van der Waals surface area contributed by atoms with Crippen LogP contribution in [0.3, 0.4) is 0 Å². The van der Waals surface area contributed by atoms with Crippen LogP contribution in [0, 0.1) is 0 Å². The Labute approximate surface area is 300 Å². The number of carbonyl (C=O) groups is 1. The fourth-order valence-electron chi connectivity index (χ4n) is 6.62. The van der Waals surface area contributed by atoms with E-state index in [1.807, 2.05) is 6.92 Å². The van der Waals surface area contributed by atoms with E-state index in [0.29, 0.717) is 19.2 Å². The molecule has 1 rings (SSSR count). The van der Waals surface area contributed by atoms with Gasteiger partial charge in [0.25, 0.3) is 0 Å². The van der Waals surface area contributed by atoms with Gasteiger partial charge in [-0.1, -0.05) is 200 Å². The number of unbranched alkanes of at least 4 members (excludes halogenated alkanes) is 28. The molecule has 278 valence electrons. The predicted molar refractivity (Wildman–Crippen MR) is 210 cm³/mol. The van der Waals surface area contributed by atoms with Gasteiger partial charge in [0.05, 0.1) is 12.8 Å². The molecule has 0 aromatic rings. The summed E-state index contributed by atoms with van der Waals surface area (Å²) in [6, 6.07) is 0. The molecule has 46 heavy (non-hydrogen) atoms. The van der Waals surface area contributed by atoms with E-state index in [2.05, 4.69) is 31.1 Å². The lowest BCUT2D eigenvalue weighted by molar-refractivity contribution is -0.143. The quantitative estimate of drug-likeness (QED) is 0.0542. The molecule has 5 heteroatoms. The molecule has 1 aliphatic heterocycles. The van der Waals surface area contributed by atoms with Gasteiger partial charge in [0.2, 0.25) is 0 Å². The van der Waals surface area contributed by atoms with Gasteiger partial charge in [-0.3, -0.25) is 9.69 Å². The number of nitrogens with zero attached hydrogens (tertiary/aromatic N) is 1. The van der Waals surface area contributed by atoms with Crippen molar-refractivity contribution < 1.29 is 9.53 Å². The Bertz CT molecular complexity index is 577. The summed E-state index contributed by atoms with van der Waals surface area (Å²) in [5.74, 6) is -0.0304. The van der Waals surface area contributed by atoms with Crippen LogP contribution in [-0.4, -0.2) is 43.8 Å². The molecule has 4 nitrogen and oxygen atoms in total. The highest BCUT2D eigenvalue weighted by atomic mass is 79.9. The molecule has 0 aliphatic carbocycles. The zero-order valence-corrected chi connectivity index (χ0v) is 33.7. The third kappa shape index (κ3) is 36.7. The highest BCUT2D eigenvalue weighted by Crippen LogP contribution is 2.16. The van der Waals surface area contributed by atoms with Crippen molar-refractivity contribution in [2.45, 2.75) is 232 Å². The molecule has 1 heterocycles. The number of likely N-dealkylation sites (N-methyl/N-ethyl adjacent to an activating group) is 1. The van der Waals surface area contributed by atoms with Crippen LogP contribution in [0.5, 0.6) is 0 Å². The number of carbonyl (C=O) groups excluding carboxylic acids is 1. The molecule has 1 aliphatic rings. The van der Waals surface area contributed by atoms with E-state index in [9.17, 15) is 4.79 Å². The number of esters is 1. The Morgan fingerprint density at radius 3 is 1.17 bits per heavy atom. The molecule has 1 atom stereocenters. The summed E-state index contributed by atoms with van der Waals surface area (Å²) < 4.78 is 4.92. The van der Waals surface area contributed by atoms with E-state index in [4.69, 9.17) is 4.74 Å². The zero-order chi connectivity index (χ0) is 32.9. The van der Waals surface area contributed by atoms with Crippen molar-refractivity contribution in [3.63, 3.8) is 0 Å². The van der Waals surface area contributed by atoms with Crippen molar-refractivity contribution in [1.82, 2.24) is 10.2 Å². The number of hydrogen-bond acceptors (Lipinski definition) is 4. The maximum Gasteiger partial charge on any atom is 0.305 e. The second kappa shape index (κ2) is 41.0. The normalized spacial score (nSPS) is 14.6. The minimum absolute atomic E-state index is 0. The summed E-state index contributed by atoms with van der Waals surface area (Å²) >= 11 is 0. The molecule has 1 fully saturated rings. The molecular weight excluding hydrogens is 632 g/mol. The Morgan fingerprint density at radius 2 is 0.870 bits per heavy atom. The topological polar surface area (TPSA) is 41.6 Å². The van der Waals surface area contributed by atoms with Crippen LogP contribution in [0.15, 0.2) is 0 Å². The van der Waals surface area contributed by atoms with E-state index in [-0.39, 0.29) is 23.0 Å². The van der Waals surface area contributed by atoms with Crippen LogP contribution in [-0.2, 0) is 9.53 Å². The van der Waals surface area contributed by atoms with Crippen molar-refractivity contribution in [1.29, 1.82) is 0 Å². The van der Waals surface area contributed by atoms with E-state index in [1.54, 1.807) is 0 Å². The van der Waals surface area contributed by atoms with Crippen LogP contribution >= 0.6 is 17.0 Å². The van der Waals surface area contributed by atoms with Gasteiger partial charge in [-0.15, -0.1) is 17.0 Å². The number of halogens is 1. The molecule has 1 saturated heterocycles. The third-order valence-corrected chi connectivity index (χ3v) is 9.75. The Hall–Kier alpha value is -0.130. The zero-order valence-electron chi connectivity index (χ0n) is 32.0. The molecule has 0 radical (unpaired) electrons. The van der Waals surface area contributed by atoms with Crippen LogP contribution in [0.4, 0.5) is 0 Å². The Kier molecular flexibility index (Phi) is 42.8. The minimum atomic E-state index is -0.0304. The van der Waals surface area contributed by atoms with Crippen molar-refractivity contribution >= 4 is 23.0 Å². The summed E-state index contributed by atoms with van der Waals surface area (Å²) in [5, 5.41) is 3.58. The van der Waals surface area contributed by atoms with E-state index < -0.39 is 0 Å². The molecule has 0 spiro atoms. The average Bonchev–Trinajstić information content (AvgIpc) is 3.45. The molecular formula is C41H85BrN2O2. The lowest BCUT2D eigenvalue weighted by Gasteiger charge is -2.18. The van der Waals surface area contributed by atoms with Gasteiger partial charge in [0.15, 0.2) is 0 Å². The van der Waals surface area contributed by atoms with Gasteiger partial charge in [-0.05, 0) is 26.8 Å². The predicted octanol–water partition coefficient (Wildman–Crippen LogP) is 13.5. The summed E-state index contributed by atoms with van der Waals surface area (Å²) in [7, 11) is 2.25. The number of rotatable bonds is 33. The number of hydrogen-bond donors (Lipinski definition) is 1. The van der Waals surface area contributed by atoms with Crippen LogP contribution in [0.2, 0.25) is 0 Å². The van der Waals surface area contributed by atoms with Gasteiger partial charge in [0.1, 0.15) is 0 Å². The van der Waals surface area contributed by atoms with Crippen molar-refractivity contribution in [2.75, 3.05) is 26.7 Å². The molecule has 0 aromatic heterocycles. The summed E-state index contributed by atoms with van der Waals surface area (Å²) in [5.41, 5.74) is 0. The van der Waals surface area contributed by atoms with Gasteiger partial charge in [-0.2, -0.15) is 0 Å². The molecule has 1 unspecified atom stereocenters. The second-order valence-electron chi connectivity index (χ2n) is 14.2. The second-order valence-corrected chi connectivity index (χ2v) is 14.2. The highest BCUT2D eigenvalue weighted by Gasteiger charge is 2.18. The Balaban J connectivity index is 0. The van der Waals surface area contributed by atoms with Crippen LogP contribution in [0.1, 0.15) is 226 Å². The fraction of sp³-hybridized carbons (Fsp3) is 0.976. The fourth-order valence-corrected chi connectivity index (χ4v) is 6.62. The smallest absolute Gasteiger partial charge is 0.305 e. The number of nitrogens with one attached hydrogen (secondary N) is 1. The Morgan fingerprint density at radius 1 is 0.543 bits per heavy atom. The third-order valence-electron chi connectivity index (χ3n) is 9.75. The lowest BCUT2D eigenvalue weighted by atomic mass is 10.0. The average molecular weight is 718 g/mol. The standard InChI is InChI=1S/C21H44N2.C20H40O2.BrH/c1-3-4-5-6-7-8-9-10-11-12-13-14-15-16-17-18-21-22-19-20-23(21)2;1-3-5-6-7-8-9-10-11-12-13-14-15-16-17-18-19-20(21)22-4-2;/h21-22H,3-20H2,1-2H3;3-19H2,1-2H3;1H. The lowest BCUT2D eigenvalue weighted by Crippen LogP contribution is -2.32. The van der Waals surface area contributed by atoms with Crippen molar-refractivity contribution in [2.24, 2.45) is 0 Å². The molecule has 0 bridgehead atoms. The summed E-state index contributed by atoms with van der Waals surface area (Å²) in [6.07, 6.45) is 44.8. The first-order valence-corrected chi connectivity index (χ1v) is 20.7. The SMILES string of the molecule is Br.CCCCCCCCCCCCCCCCCC(=O)OCC.CCCCCCCCCCCCCCCCCC1NCCN1C. The van der Waals surface area contributed by atoms with E-state index in [1.165, 1.54) is 206 Å². The largest absolute Gasteiger partial charge is 0.466 e. The van der Waals surface area contributed by atoms with Crippen molar-refractivity contribution in [3.05, 3.63) is 0 Å². The van der Waals surface area contributed by atoms with E-state index >= 15 is 0 Å². The highest BCUT2D eigenvalue weighted by molar-refractivity contribution is 8.93. The van der Waals surface area contributed by atoms with Gasteiger partial charge < -0.3 is 10.1 Å². The first-order valence-electron chi connectivity index (χ1n) is 20.7. The monoisotopic (exact) mass is 717 g/mol. The van der Waals surface area contributed by atoms with Gasteiger partial charge >= 0.3 is 5.97 Å². The molecule has 1 N–H and O–H groups in total. The maximum atomic E-state index is 11.2. The van der Waals surface area contributed by atoms with Crippen LogP contribution in [0.25, 0.3) is 0 Å². The van der Waals surface area contributed by atoms with Crippen molar-refractivity contribution in [3.8, 4) is 0 Å². The molecule has 0 saturated carbocycles. The maximum absolute atomic E-state index is 11.2. The first kappa shape index (κ1) is 48.0. The summed E-state index contributed by atoms with van der Waals surface area (Å²) in [4.78, 5) is 13.6. The van der Waals surface area contributed by atoms with Crippen LogP contribution < -0.4 is 5.32 Å². The van der Waals surface area contributed by atoms with Gasteiger partial charge in [-0.25, -0.2) is 0 Å². The summed E-state index contributed by atoms with van der Waals surface area (Å²) in [6.45, 7) is 9.36.